The third-order valence-corrected chi connectivity index (χ3v) is 4.41. The Bertz CT molecular complexity index is 900. The van der Waals surface area contributed by atoms with Crippen LogP contribution in [-0.4, -0.2) is 34.8 Å². The van der Waals surface area contributed by atoms with E-state index in [2.05, 4.69) is 10.0 Å². The van der Waals surface area contributed by atoms with Gasteiger partial charge in [-0.3, -0.25) is 4.79 Å². The molecule has 0 unspecified atom stereocenters. The molecule has 2 N–H and O–H groups in total. The Morgan fingerprint density at radius 3 is 2.33 bits per heavy atom. The van der Waals surface area contributed by atoms with Crippen molar-refractivity contribution in [2.24, 2.45) is 0 Å². The molecular weight excluding hydrogens is 375 g/mol. The van der Waals surface area contributed by atoms with E-state index in [4.69, 9.17) is 9.47 Å². The minimum Gasteiger partial charge on any atom is -0.497 e. The fourth-order valence-electron chi connectivity index (χ4n) is 2.48. The van der Waals surface area contributed by atoms with Gasteiger partial charge in [0.2, 0.25) is 15.9 Å². The quantitative estimate of drug-likeness (QED) is 0.715. The van der Waals surface area contributed by atoms with Gasteiger partial charge in [0, 0.05) is 12.5 Å². The van der Waals surface area contributed by atoms with Gasteiger partial charge in [-0.15, -0.1) is 0 Å². The van der Waals surface area contributed by atoms with Gasteiger partial charge in [0.1, 0.15) is 17.3 Å². The van der Waals surface area contributed by atoms with E-state index in [1.54, 1.807) is 18.2 Å². The number of halogens is 1. The van der Waals surface area contributed by atoms with Gasteiger partial charge in [-0.25, -0.2) is 17.5 Å². The summed E-state index contributed by atoms with van der Waals surface area (Å²) in [6, 6.07) is 9.33. The molecular formula is C18H21FN2O5S. The molecule has 0 aliphatic heterocycles. The minimum absolute atomic E-state index is 0.195. The van der Waals surface area contributed by atoms with Crippen LogP contribution in [0.4, 0.5) is 10.1 Å². The first-order chi connectivity index (χ1) is 12.7. The Kier molecular flexibility index (Phi) is 6.75. The molecule has 7 nitrogen and oxygen atoms in total. The molecule has 0 bridgehead atoms. The molecule has 2 aromatic carbocycles. The molecule has 0 heterocycles. The van der Waals surface area contributed by atoms with Crippen LogP contribution in [0.2, 0.25) is 0 Å². The number of carbonyl (C=O) groups is 1. The summed E-state index contributed by atoms with van der Waals surface area (Å²) >= 11 is 0. The number of anilines is 1. The minimum atomic E-state index is -3.59. The molecule has 0 saturated carbocycles. The Balaban J connectivity index is 2.22. The zero-order valence-corrected chi connectivity index (χ0v) is 16.0. The Hall–Kier alpha value is -2.65. The number of methoxy groups -OCH3 is 2. The number of carbonyl (C=O) groups excluding carboxylic acids is 1. The summed E-state index contributed by atoms with van der Waals surface area (Å²) in [4.78, 5) is 12.5. The molecule has 1 atom stereocenters. The molecule has 0 radical (unpaired) electrons. The Labute approximate surface area is 157 Å². The lowest BCUT2D eigenvalue weighted by atomic mass is 10.0. The summed E-state index contributed by atoms with van der Waals surface area (Å²) in [5.41, 5.74) is 0.855. The second kappa shape index (κ2) is 8.83. The summed E-state index contributed by atoms with van der Waals surface area (Å²) in [5.74, 6) is 0.0449. The highest BCUT2D eigenvalue weighted by molar-refractivity contribution is 7.88. The monoisotopic (exact) mass is 396 g/mol. The van der Waals surface area contributed by atoms with E-state index in [0.717, 1.165) is 6.26 Å². The van der Waals surface area contributed by atoms with E-state index in [1.807, 2.05) is 0 Å². The maximum absolute atomic E-state index is 13.1. The number of ether oxygens (including phenoxy) is 2. The first kappa shape index (κ1) is 20.7. The summed E-state index contributed by atoms with van der Waals surface area (Å²) in [6.07, 6.45) is 0.797. The van der Waals surface area contributed by atoms with E-state index >= 15 is 0 Å². The fourth-order valence-corrected chi connectivity index (χ4v) is 3.22. The van der Waals surface area contributed by atoms with Crippen LogP contribution in [0.1, 0.15) is 18.0 Å². The van der Waals surface area contributed by atoms with Crippen LogP contribution in [0.3, 0.4) is 0 Å². The first-order valence-corrected chi connectivity index (χ1v) is 9.85. The van der Waals surface area contributed by atoms with Crippen LogP contribution >= 0.6 is 0 Å². The lowest BCUT2D eigenvalue weighted by Crippen LogP contribution is -2.30. The normalized spacial score (nSPS) is 12.3. The average Bonchev–Trinajstić information content (AvgIpc) is 2.60. The number of amides is 1. The molecule has 146 valence electrons. The molecule has 2 rings (SSSR count). The smallest absolute Gasteiger partial charge is 0.226 e. The van der Waals surface area contributed by atoms with Crippen molar-refractivity contribution in [1.29, 1.82) is 0 Å². The molecule has 27 heavy (non-hydrogen) atoms. The number of rotatable bonds is 8. The van der Waals surface area contributed by atoms with Gasteiger partial charge in [-0.2, -0.15) is 0 Å². The molecule has 0 aliphatic carbocycles. The predicted molar refractivity (Wildman–Crippen MR) is 99.9 cm³/mol. The van der Waals surface area contributed by atoms with Crippen molar-refractivity contribution < 1.29 is 27.1 Å². The van der Waals surface area contributed by atoms with Crippen molar-refractivity contribution in [3.05, 3.63) is 53.8 Å². The van der Waals surface area contributed by atoms with Crippen molar-refractivity contribution in [2.45, 2.75) is 12.5 Å². The van der Waals surface area contributed by atoms with E-state index in [9.17, 15) is 17.6 Å². The number of hydrogen-bond donors (Lipinski definition) is 2. The molecule has 0 aromatic heterocycles. The molecule has 1 amide bonds. The SMILES string of the molecule is COc1ccc(OC)c(NC(=O)C[C@@H](NS(C)(=O)=O)c2ccc(F)cc2)c1. The van der Waals surface area contributed by atoms with Gasteiger partial charge >= 0.3 is 0 Å². The summed E-state index contributed by atoms with van der Waals surface area (Å²) in [7, 11) is -0.636. The topological polar surface area (TPSA) is 93.7 Å². The van der Waals surface area contributed by atoms with Crippen LogP contribution in [0.15, 0.2) is 42.5 Å². The molecule has 9 heteroatoms. The van der Waals surface area contributed by atoms with Crippen molar-refractivity contribution in [3.63, 3.8) is 0 Å². The molecule has 0 aliphatic rings. The number of nitrogens with one attached hydrogen (secondary N) is 2. The number of sulfonamides is 1. The standard InChI is InChI=1S/C18H21FN2O5S/c1-25-14-8-9-17(26-2)16(10-14)20-18(22)11-15(21-27(3,23)24)12-4-6-13(19)7-5-12/h4-10,15,21H,11H2,1-3H3,(H,20,22)/t15-/m1/s1. The number of hydrogen-bond acceptors (Lipinski definition) is 5. The molecule has 0 saturated heterocycles. The third-order valence-electron chi connectivity index (χ3n) is 3.70. The summed E-state index contributed by atoms with van der Waals surface area (Å²) in [6.45, 7) is 0. The Morgan fingerprint density at radius 2 is 1.78 bits per heavy atom. The van der Waals surface area contributed by atoms with Gasteiger partial charge in [0.15, 0.2) is 0 Å². The highest BCUT2D eigenvalue weighted by Crippen LogP contribution is 2.29. The van der Waals surface area contributed by atoms with Gasteiger partial charge in [0.25, 0.3) is 0 Å². The second-order valence-corrected chi connectivity index (χ2v) is 7.59. The number of benzene rings is 2. The average molecular weight is 396 g/mol. The highest BCUT2D eigenvalue weighted by atomic mass is 32.2. The van der Waals surface area contributed by atoms with Crippen molar-refractivity contribution in [2.75, 3.05) is 25.8 Å². The maximum atomic E-state index is 13.1. The lowest BCUT2D eigenvalue weighted by Gasteiger charge is -2.18. The zero-order chi connectivity index (χ0) is 20.0. The van der Waals surface area contributed by atoms with Gasteiger partial charge in [-0.05, 0) is 29.8 Å². The third kappa shape index (κ3) is 6.22. The molecule has 2 aromatic rings. The van der Waals surface area contributed by atoms with Crippen LogP contribution in [0.25, 0.3) is 0 Å². The molecule has 0 fully saturated rings. The molecule has 0 spiro atoms. The van der Waals surface area contributed by atoms with E-state index in [-0.39, 0.29) is 6.42 Å². The zero-order valence-electron chi connectivity index (χ0n) is 15.2. The van der Waals surface area contributed by atoms with E-state index in [0.29, 0.717) is 22.7 Å². The summed E-state index contributed by atoms with van der Waals surface area (Å²) in [5, 5.41) is 2.68. The lowest BCUT2D eigenvalue weighted by molar-refractivity contribution is -0.116. The van der Waals surface area contributed by atoms with E-state index < -0.39 is 27.8 Å². The van der Waals surface area contributed by atoms with Crippen LogP contribution in [0.5, 0.6) is 11.5 Å². The van der Waals surface area contributed by atoms with Gasteiger partial charge < -0.3 is 14.8 Å². The van der Waals surface area contributed by atoms with Crippen LogP contribution in [0, 0.1) is 5.82 Å². The van der Waals surface area contributed by atoms with Crippen LogP contribution < -0.4 is 19.5 Å². The van der Waals surface area contributed by atoms with Crippen molar-refractivity contribution >= 4 is 21.6 Å². The highest BCUT2D eigenvalue weighted by Gasteiger charge is 2.21. The first-order valence-electron chi connectivity index (χ1n) is 7.96. The van der Waals surface area contributed by atoms with Crippen molar-refractivity contribution in [3.8, 4) is 11.5 Å². The largest absolute Gasteiger partial charge is 0.497 e. The predicted octanol–water partition coefficient (Wildman–Crippen LogP) is 2.46. The van der Waals surface area contributed by atoms with Crippen molar-refractivity contribution in [1.82, 2.24) is 4.72 Å². The maximum Gasteiger partial charge on any atom is 0.226 e. The van der Waals surface area contributed by atoms with Gasteiger partial charge in [0.05, 0.1) is 32.2 Å². The summed E-state index contributed by atoms with van der Waals surface area (Å²) < 4.78 is 49.2. The Morgan fingerprint density at radius 1 is 1.11 bits per heavy atom. The second-order valence-electron chi connectivity index (χ2n) is 5.81. The van der Waals surface area contributed by atoms with Crippen LogP contribution in [-0.2, 0) is 14.8 Å². The fraction of sp³-hybridized carbons (Fsp3) is 0.278. The van der Waals surface area contributed by atoms with Gasteiger partial charge in [-0.1, -0.05) is 12.1 Å². The van der Waals surface area contributed by atoms with E-state index in [1.165, 1.54) is 38.5 Å².